The van der Waals surface area contributed by atoms with Crippen molar-refractivity contribution in [2.75, 3.05) is 17.2 Å². The van der Waals surface area contributed by atoms with Gasteiger partial charge in [-0.15, -0.1) is 0 Å². The Labute approximate surface area is 149 Å². The number of benzene rings is 2. The van der Waals surface area contributed by atoms with Crippen LogP contribution in [0.5, 0.6) is 0 Å². The van der Waals surface area contributed by atoms with Crippen molar-refractivity contribution in [2.24, 2.45) is 0 Å². The first-order chi connectivity index (χ1) is 12.4. The molecule has 0 aliphatic carbocycles. The van der Waals surface area contributed by atoms with E-state index < -0.39 is 36.4 Å². The highest BCUT2D eigenvalue weighted by atomic mass is 19.1. The average Bonchev–Trinajstić information content (AvgIpc) is 2.60. The quantitative estimate of drug-likeness (QED) is 0.691. The maximum atomic E-state index is 13.0. The molecule has 0 fully saturated rings. The Balaban J connectivity index is 1.74. The van der Waals surface area contributed by atoms with Crippen molar-refractivity contribution >= 4 is 29.3 Å². The molecule has 3 amide bonds. The third-order valence-electron chi connectivity index (χ3n) is 3.19. The van der Waals surface area contributed by atoms with Gasteiger partial charge in [0.05, 0.1) is 0 Å². The Hall–Kier alpha value is -3.42. The summed E-state index contributed by atoms with van der Waals surface area (Å²) in [5.41, 5.74) is 0.819. The molecule has 1 atom stereocenters. The summed E-state index contributed by atoms with van der Waals surface area (Å²) in [7, 11) is 0. The van der Waals surface area contributed by atoms with Gasteiger partial charge >= 0.3 is 12.0 Å². The highest BCUT2D eigenvalue weighted by Gasteiger charge is 2.18. The van der Waals surface area contributed by atoms with Crippen molar-refractivity contribution in [1.29, 1.82) is 0 Å². The van der Waals surface area contributed by atoms with Crippen LogP contribution in [0, 0.1) is 5.82 Å². The number of anilines is 2. The summed E-state index contributed by atoms with van der Waals surface area (Å²) in [4.78, 5) is 35.3. The summed E-state index contributed by atoms with van der Waals surface area (Å²) < 4.78 is 17.9. The molecular formula is C18H18FN3O4. The summed E-state index contributed by atoms with van der Waals surface area (Å²) >= 11 is 0. The van der Waals surface area contributed by atoms with Crippen LogP contribution in [0.2, 0.25) is 0 Å². The van der Waals surface area contributed by atoms with E-state index in [0.717, 1.165) is 6.07 Å². The number of ether oxygens (including phenoxy) is 1. The molecule has 0 radical (unpaired) electrons. The molecule has 0 spiro atoms. The van der Waals surface area contributed by atoms with Crippen molar-refractivity contribution in [3.8, 4) is 0 Å². The summed E-state index contributed by atoms with van der Waals surface area (Å²) in [6.07, 6.45) is 0. The van der Waals surface area contributed by atoms with Crippen LogP contribution in [-0.2, 0) is 14.3 Å². The van der Waals surface area contributed by atoms with Gasteiger partial charge in [-0.2, -0.15) is 0 Å². The van der Waals surface area contributed by atoms with Gasteiger partial charge in [0.15, 0.2) is 6.61 Å². The van der Waals surface area contributed by atoms with Gasteiger partial charge in [0.2, 0.25) is 0 Å². The van der Waals surface area contributed by atoms with E-state index in [4.69, 9.17) is 4.74 Å². The molecule has 7 nitrogen and oxygen atoms in total. The van der Waals surface area contributed by atoms with E-state index in [1.54, 1.807) is 30.3 Å². The number of esters is 1. The van der Waals surface area contributed by atoms with Gasteiger partial charge in [0, 0.05) is 11.4 Å². The minimum atomic E-state index is -0.958. The van der Waals surface area contributed by atoms with E-state index >= 15 is 0 Å². The Kier molecular flexibility index (Phi) is 6.67. The van der Waals surface area contributed by atoms with Crippen molar-refractivity contribution in [3.63, 3.8) is 0 Å². The van der Waals surface area contributed by atoms with E-state index in [9.17, 15) is 18.8 Å². The summed E-state index contributed by atoms with van der Waals surface area (Å²) in [5.74, 6) is -1.89. The fraction of sp³-hybridized carbons (Fsp3) is 0.167. The molecule has 0 aromatic heterocycles. The first kappa shape index (κ1) is 18.9. The number of hydrogen-bond acceptors (Lipinski definition) is 4. The Morgan fingerprint density at radius 2 is 1.69 bits per heavy atom. The number of urea groups is 1. The van der Waals surface area contributed by atoms with Crippen molar-refractivity contribution in [1.82, 2.24) is 5.32 Å². The summed E-state index contributed by atoms with van der Waals surface area (Å²) in [6.45, 7) is 0.874. The monoisotopic (exact) mass is 359 g/mol. The number of nitrogens with one attached hydrogen (secondary N) is 3. The largest absolute Gasteiger partial charge is 0.454 e. The first-order valence-electron chi connectivity index (χ1n) is 7.78. The van der Waals surface area contributed by atoms with E-state index in [1.165, 1.54) is 25.1 Å². The number of carbonyl (C=O) groups is 3. The van der Waals surface area contributed by atoms with Gasteiger partial charge in [-0.05, 0) is 37.3 Å². The van der Waals surface area contributed by atoms with Crippen LogP contribution < -0.4 is 16.0 Å². The second kappa shape index (κ2) is 9.16. The Morgan fingerprint density at radius 1 is 1.00 bits per heavy atom. The lowest BCUT2D eigenvalue weighted by Crippen LogP contribution is -2.42. The lowest BCUT2D eigenvalue weighted by molar-refractivity contribution is -0.148. The summed E-state index contributed by atoms with van der Waals surface area (Å²) in [6, 6.07) is 12.5. The average molecular weight is 359 g/mol. The van der Waals surface area contributed by atoms with Crippen molar-refractivity contribution < 1.29 is 23.5 Å². The van der Waals surface area contributed by atoms with Gasteiger partial charge in [0.1, 0.15) is 11.9 Å². The van der Waals surface area contributed by atoms with Gasteiger partial charge in [-0.3, -0.25) is 4.79 Å². The number of hydrogen-bond donors (Lipinski definition) is 3. The molecule has 0 bridgehead atoms. The molecule has 0 unspecified atom stereocenters. The van der Waals surface area contributed by atoms with Crippen molar-refractivity contribution in [3.05, 3.63) is 60.4 Å². The number of carbonyl (C=O) groups excluding carboxylic acids is 3. The number of halogens is 1. The lowest BCUT2D eigenvalue weighted by Gasteiger charge is -2.14. The fourth-order valence-corrected chi connectivity index (χ4v) is 1.97. The first-order valence-corrected chi connectivity index (χ1v) is 7.78. The molecule has 2 aromatic rings. The van der Waals surface area contributed by atoms with E-state index in [0.29, 0.717) is 5.69 Å². The molecular weight excluding hydrogens is 341 g/mol. The third kappa shape index (κ3) is 6.23. The maximum absolute atomic E-state index is 13.0. The molecule has 136 valence electrons. The van der Waals surface area contributed by atoms with Gasteiger partial charge in [-0.25, -0.2) is 14.0 Å². The highest BCUT2D eigenvalue weighted by molar-refractivity contribution is 5.94. The van der Waals surface area contributed by atoms with Gasteiger partial charge < -0.3 is 20.7 Å². The SMILES string of the molecule is C[C@H](NC(=O)Nc1ccccc1)C(=O)OCC(=O)Nc1cccc(F)c1. The molecule has 2 rings (SSSR count). The van der Waals surface area contributed by atoms with Crippen LogP contribution in [0.15, 0.2) is 54.6 Å². The second-order valence-corrected chi connectivity index (χ2v) is 5.35. The van der Waals surface area contributed by atoms with Crippen LogP contribution >= 0.6 is 0 Å². The van der Waals surface area contributed by atoms with Crippen LogP contribution in [0.1, 0.15) is 6.92 Å². The molecule has 0 aliphatic heterocycles. The minimum absolute atomic E-state index is 0.250. The normalized spacial score (nSPS) is 11.2. The smallest absolute Gasteiger partial charge is 0.328 e. The van der Waals surface area contributed by atoms with Crippen LogP contribution in [0.25, 0.3) is 0 Å². The van der Waals surface area contributed by atoms with E-state index in [1.807, 2.05) is 0 Å². The molecule has 0 saturated carbocycles. The van der Waals surface area contributed by atoms with Gasteiger partial charge in [0.25, 0.3) is 5.91 Å². The standard InChI is InChI=1S/C18H18FN3O4/c1-12(20-18(25)22-14-7-3-2-4-8-14)17(24)26-11-16(23)21-15-9-5-6-13(19)10-15/h2-10,12H,11H2,1H3,(H,21,23)(H2,20,22,25)/t12-/m0/s1. The van der Waals surface area contributed by atoms with Crippen LogP contribution in [0.4, 0.5) is 20.6 Å². The predicted octanol–water partition coefficient (Wildman–Crippen LogP) is 2.52. The zero-order chi connectivity index (χ0) is 18.9. The third-order valence-corrected chi connectivity index (χ3v) is 3.19. The molecule has 0 saturated heterocycles. The molecule has 8 heteroatoms. The van der Waals surface area contributed by atoms with Crippen LogP contribution in [-0.4, -0.2) is 30.6 Å². The lowest BCUT2D eigenvalue weighted by atomic mass is 10.3. The topological polar surface area (TPSA) is 96.5 Å². The zero-order valence-corrected chi connectivity index (χ0v) is 14.0. The number of amides is 3. The Bertz CT molecular complexity index is 783. The fourth-order valence-electron chi connectivity index (χ4n) is 1.97. The summed E-state index contributed by atoms with van der Waals surface area (Å²) in [5, 5.41) is 7.36. The number of rotatable bonds is 6. The highest BCUT2D eigenvalue weighted by Crippen LogP contribution is 2.09. The van der Waals surface area contributed by atoms with Crippen molar-refractivity contribution in [2.45, 2.75) is 13.0 Å². The number of para-hydroxylation sites is 1. The molecule has 26 heavy (non-hydrogen) atoms. The molecule has 2 aromatic carbocycles. The molecule has 3 N–H and O–H groups in total. The second-order valence-electron chi connectivity index (χ2n) is 5.35. The van der Waals surface area contributed by atoms with Crippen LogP contribution in [0.3, 0.4) is 0 Å². The predicted molar refractivity (Wildman–Crippen MR) is 94.0 cm³/mol. The van der Waals surface area contributed by atoms with E-state index in [2.05, 4.69) is 16.0 Å². The van der Waals surface area contributed by atoms with E-state index in [-0.39, 0.29) is 5.69 Å². The Morgan fingerprint density at radius 3 is 2.38 bits per heavy atom. The molecule has 0 heterocycles. The maximum Gasteiger partial charge on any atom is 0.328 e. The zero-order valence-electron chi connectivity index (χ0n) is 14.0. The van der Waals surface area contributed by atoms with Gasteiger partial charge in [-0.1, -0.05) is 24.3 Å². The minimum Gasteiger partial charge on any atom is -0.454 e. The molecule has 0 aliphatic rings.